The fourth-order valence-corrected chi connectivity index (χ4v) is 2.44. The van der Waals surface area contributed by atoms with Crippen LogP contribution in [-0.4, -0.2) is 54.3 Å². The van der Waals surface area contributed by atoms with Crippen molar-refractivity contribution in [2.24, 2.45) is 0 Å². The van der Waals surface area contributed by atoms with Gasteiger partial charge in [-0.2, -0.15) is 0 Å². The van der Waals surface area contributed by atoms with Gasteiger partial charge in [0.2, 0.25) is 5.91 Å². The molecule has 0 aliphatic carbocycles. The second kappa shape index (κ2) is 6.93. The van der Waals surface area contributed by atoms with E-state index in [1.807, 2.05) is 18.3 Å². The number of benzene rings is 1. The van der Waals surface area contributed by atoms with Gasteiger partial charge in [-0.25, -0.2) is 0 Å². The van der Waals surface area contributed by atoms with Crippen molar-refractivity contribution in [2.45, 2.75) is 12.5 Å². The molecule has 0 aliphatic heterocycles. The average molecular weight is 311 g/mol. The highest BCUT2D eigenvalue weighted by molar-refractivity contribution is 6.31. The molecule has 114 valence electrons. The number of carbonyl (C=O) groups is 1. The predicted octanol–water partition coefficient (Wildman–Crippen LogP) is 1.83. The Labute approximate surface area is 128 Å². The summed E-state index contributed by atoms with van der Waals surface area (Å²) in [4.78, 5) is 16.8. The minimum atomic E-state index is -0.675. The van der Waals surface area contributed by atoms with Crippen molar-refractivity contribution >= 4 is 28.4 Å². The van der Waals surface area contributed by atoms with Crippen LogP contribution < -0.4 is 0 Å². The first-order valence-corrected chi connectivity index (χ1v) is 7.05. The molecule has 0 bridgehead atoms. The lowest BCUT2D eigenvalue weighted by Gasteiger charge is -2.20. The Hall–Kier alpha value is -1.56. The van der Waals surface area contributed by atoms with Crippen LogP contribution in [0.25, 0.3) is 10.9 Å². The van der Waals surface area contributed by atoms with Gasteiger partial charge in [-0.1, -0.05) is 17.7 Å². The van der Waals surface area contributed by atoms with Crippen molar-refractivity contribution in [3.8, 4) is 0 Å². The summed E-state index contributed by atoms with van der Waals surface area (Å²) in [5, 5.41) is 11.3. The van der Waals surface area contributed by atoms with Crippen molar-refractivity contribution in [3.05, 3.63) is 35.0 Å². The van der Waals surface area contributed by atoms with Crippen LogP contribution in [0.1, 0.15) is 5.56 Å². The molecule has 0 saturated heterocycles. The molecule has 0 aliphatic rings. The number of likely N-dealkylation sites (N-methyl/N-ethyl adjacent to an activating group) is 1. The number of ether oxygens (including phenoxy) is 1. The van der Waals surface area contributed by atoms with E-state index >= 15 is 0 Å². The molecule has 0 radical (unpaired) electrons. The van der Waals surface area contributed by atoms with Gasteiger partial charge < -0.3 is 19.7 Å². The van der Waals surface area contributed by atoms with E-state index in [0.29, 0.717) is 5.02 Å². The van der Waals surface area contributed by atoms with Crippen LogP contribution in [0.3, 0.4) is 0 Å². The van der Waals surface area contributed by atoms with Gasteiger partial charge >= 0.3 is 0 Å². The lowest BCUT2D eigenvalue weighted by atomic mass is 10.1. The highest BCUT2D eigenvalue weighted by Gasteiger charge is 2.16. The number of nitrogens with zero attached hydrogens (tertiary/aromatic N) is 1. The number of aromatic amines is 1. The van der Waals surface area contributed by atoms with Crippen molar-refractivity contribution in [1.29, 1.82) is 0 Å². The van der Waals surface area contributed by atoms with Gasteiger partial charge in [-0.15, -0.1) is 0 Å². The van der Waals surface area contributed by atoms with Crippen LogP contribution in [0.5, 0.6) is 0 Å². The van der Waals surface area contributed by atoms with Crippen LogP contribution in [-0.2, 0) is 16.0 Å². The Morgan fingerprint density at radius 1 is 1.52 bits per heavy atom. The second-order valence-corrected chi connectivity index (χ2v) is 5.50. The zero-order valence-corrected chi connectivity index (χ0v) is 12.9. The van der Waals surface area contributed by atoms with E-state index in [0.717, 1.165) is 16.5 Å². The summed E-state index contributed by atoms with van der Waals surface area (Å²) < 4.78 is 4.85. The van der Waals surface area contributed by atoms with Crippen LogP contribution in [0, 0.1) is 0 Å². The lowest BCUT2D eigenvalue weighted by molar-refractivity contribution is -0.130. The molecule has 0 fully saturated rings. The smallest absolute Gasteiger partial charge is 0.226 e. The van der Waals surface area contributed by atoms with Gasteiger partial charge in [0, 0.05) is 42.8 Å². The van der Waals surface area contributed by atoms with Gasteiger partial charge in [-0.05, 0) is 17.7 Å². The Bertz CT molecular complexity index is 626. The van der Waals surface area contributed by atoms with Gasteiger partial charge in [0.15, 0.2) is 0 Å². The highest BCUT2D eigenvalue weighted by Crippen LogP contribution is 2.22. The number of nitrogens with one attached hydrogen (secondary N) is 1. The first-order valence-electron chi connectivity index (χ1n) is 6.67. The second-order valence-electron chi connectivity index (χ2n) is 5.06. The number of aromatic nitrogens is 1. The number of aliphatic hydroxyl groups excluding tert-OH is 1. The molecular formula is C15H19ClN2O3. The van der Waals surface area contributed by atoms with Gasteiger partial charge in [0.05, 0.1) is 19.1 Å². The van der Waals surface area contributed by atoms with E-state index in [9.17, 15) is 9.90 Å². The first-order chi connectivity index (χ1) is 10.0. The normalized spacial score (nSPS) is 12.6. The molecular weight excluding hydrogens is 292 g/mol. The van der Waals surface area contributed by atoms with Crippen molar-refractivity contribution in [1.82, 2.24) is 9.88 Å². The number of carbonyl (C=O) groups excluding carboxylic acids is 1. The SMILES string of the molecule is COCC(O)CN(C)C(=O)Cc1c[nH]c2cc(Cl)ccc12. The fourth-order valence-electron chi connectivity index (χ4n) is 2.27. The molecule has 6 heteroatoms. The Balaban J connectivity index is 2.04. The summed E-state index contributed by atoms with van der Waals surface area (Å²) in [7, 11) is 3.19. The zero-order chi connectivity index (χ0) is 15.4. The molecule has 2 rings (SSSR count). The first kappa shape index (κ1) is 15.8. The van der Waals surface area contributed by atoms with Crippen LogP contribution in [0.4, 0.5) is 0 Å². The van der Waals surface area contributed by atoms with Crippen molar-refractivity contribution in [3.63, 3.8) is 0 Å². The minimum absolute atomic E-state index is 0.0546. The Morgan fingerprint density at radius 3 is 3.00 bits per heavy atom. The molecule has 2 N–H and O–H groups in total. The third-order valence-corrected chi connectivity index (χ3v) is 3.58. The Morgan fingerprint density at radius 2 is 2.29 bits per heavy atom. The van der Waals surface area contributed by atoms with Gasteiger partial charge in [0.25, 0.3) is 0 Å². The third-order valence-electron chi connectivity index (χ3n) is 3.34. The van der Waals surface area contributed by atoms with E-state index < -0.39 is 6.10 Å². The largest absolute Gasteiger partial charge is 0.389 e. The van der Waals surface area contributed by atoms with Crippen molar-refractivity contribution in [2.75, 3.05) is 27.3 Å². The average Bonchev–Trinajstić information content (AvgIpc) is 2.81. The van der Waals surface area contributed by atoms with Crippen molar-refractivity contribution < 1.29 is 14.6 Å². The fraction of sp³-hybridized carbons (Fsp3) is 0.400. The van der Waals surface area contributed by atoms with E-state index in [1.54, 1.807) is 13.1 Å². The lowest BCUT2D eigenvalue weighted by Crippen LogP contribution is -2.37. The molecule has 1 unspecified atom stereocenters. The molecule has 0 spiro atoms. The zero-order valence-electron chi connectivity index (χ0n) is 12.1. The maximum absolute atomic E-state index is 12.2. The molecule has 0 saturated carbocycles. The third kappa shape index (κ3) is 3.97. The number of aliphatic hydroxyl groups is 1. The summed E-state index contributed by atoms with van der Waals surface area (Å²) >= 11 is 5.94. The quantitative estimate of drug-likeness (QED) is 0.855. The molecule has 21 heavy (non-hydrogen) atoms. The Kier molecular flexibility index (Phi) is 5.22. The number of amides is 1. The summed E-state index contributed by atoms with van der Waals surface area (Å²) in [6, 6.07) is 5.53. The summed E-state index contributed by atoms with van der Waals surface area (Å²) in [5.74, 6) is -0.0546. The monoisotopic (exact) mass is 310 g/mol. The van der Waals surface area contributed by atoms with Gasteiger partial charge in [0.1, 0.15) is 0 Å². The standard InChI is InChI=1S/C15H19ClN2O3/c1-18(8-12(19)9-21-2)15(20)5-10-7-17-14-6-11(16)3-4-13(10)14/h3-4,6-7,12,17,19H,5,8-9H2,1-2H3. The number of halogens is 1. The molecule has 1 aromatic heterocycles. The predicted molar refractivity (Wildman–Crippen MR) is 82.5 cm³/mol. The molecule has 1 amide bonds. The number of methoxy groups -OCH3 is 1. The minimum Gasteiger partial charge on any atom is -0.389 e. The number of fused-ring (bicyclic) bond motifs is 1. The maximum atomic E-state index is 12.2. The topological polar surface area (TPSA) is 65.6 Å². The number of rotatable bonds is 6. The van der Waals surface area contributed by atoms with E-state index in [1.165, 1.54) is 12.0 Å². The van der Waals surface area contributed by atoms with E-state index in [2.05, 4.69) is 4.98 Å². The molecule has 2 aromatic rings. The van der Waals surface area contributed by atoms with Gasteiger partial charge in [-0.3, -0.25) is 4.79 Å². The molecule has 1 atom stereocenters. The molecule has 5 nitrogen and oxygen atoms in total. The van der Waals surface area contributed by atoms with Crippen LogP contribution in [0.2, 0.25) is 5.02 Å². The van der Waals surface area contributed by atoms with E-state index in [-0.39, 0.29) is 25.5 Å². The number of H-pyrrole nitrogens is 1. The van der Waals surface area contributed by atoms with Crippen LogP contribution >= 0.6 is 11.6 Å². The number of hydrogen-bond donors (Lipinski definition) is 2. The highest BCUT2D eigenvalue weighted by atomic mass is 35.5. The van der Waals surface area contributed by atoms with E-state index in [4.69, 9.17) is 16.3 Å². The maximum Gasteiger partial charge on any atom is 0.226 e. The molecule has 1 aromatic carbocycles. The van der Waals surface area contributed by atoms with Crippen LogP contribution in [0.15, 0.2) is 24.4 Å². The number of hydrogen-bond acceptors (Lipinski definition) is 3. The summed E-state index contributed by atoms with van der Waals surface area (Å²) in [6.45, 7) is 0.462. The summed E-state index contributed by atoms with van der Waals surface area (Å²) in [5.41, 5.74) is 1.83. The summed E-state index contributed by atoms with van der Waals surface area (Å²) in [6.07, 6.45) is 1.42. The molecule has 1 heterocycles.